The molecule has 0 spiro atoms. The number of hydrogen-bond donors (Lipinski definition) is 1. The molecule has 0 unspecified atom stereocenters. The number of nitrogens with one attached hydrogen (secondary N) is 1. The normalized spacial score (nSPS) is 20.0. The predicted molar refractivity (Wildman–Crippen MR) is 107 cm³/mol. The number of nitriles is 1. The summed E-state index contributed by atoms with van der Waals surface area (Å²) in [6.45, 7) is 6.41. The molecule has 1 fully saturated rings. The van der Waals surface area contributed by atoms with Gasteiger partial charge in [0.15, 0.2) is 0 Å². The van der Waals surface area contributed by atoms with Gasteiger partial charge in [-0.3, -0.25) is 18.5 Å². The van der Waals surface area contributed by atoms with Crippen LogP contribution in [0.25, 0.3) is 5.69 Å². The molecule has 0 aliphatic carbocycles. The number of hydrogen-bond acceptors (Lipinski definition) is 4. The second-order valence-corrected chi connectivity index (χ2v) is 8.66. The van der Waals surface area contributed by atoms with Crippen LogP contribution in [0.3, 0.4) is 0 Å². The van der Waals surface area contributed by atoms with Crippen LogP contribution in [-0.2, 0) is 15.6 Å². The standard InChI is InChI=1S/C20H23FN4O2S/c1-13-12-28(27)9-8-24(13)11-19(26)23-20-18(10-22)14(2)15(3)25(20)17-6-4-16(21)5-7-17/h4-7,13H,8-9,11-12H2,1-3H3,(H,23,26)/t13-,28+/m0/s1. The van der Waals surface area contributed by atoms with Crippen molar-refractivity contribution in [3.8, 4) is 11.8 Å². The molecule has 28 heavy (non-hydrogen) atoms. The minimum absolute atomic E-state index is 0.0585. The summed E-state index contributed by atoms with van der Waals surface area (Å²) >= 11 is 0. The highest BCUT2D eigenvalue weighted by molar-refractivity contribution is 7.85. The zero-order valence-electron chi connectivity index (χ0n) is 16.2. The number of benzene rings is 1. The average molecular weight is 402 g/mol. The molecular formula is C20H23FN4O2S. The molecule has 8 heteroatoms. The van der Waals surface area contributed by atoms with Crippen LogP contribution in [0.4, 0.5) is 10.2 Å². The minimum Gasteiger partial charge on any atom is -0.310 e. The monoisotopic (exact) mass is 402 g/mol. The summed E-state index contributed by atoms with van der Waals surface area (Å²) < 4.78 is 26.8. The molecule has 1 amide bonds. The zero-order chi connectivity index (χ0) is 20.4. The van der Waals surface area contributed by atoms with Crippen LogP contribution in [0.15, 0.2) is 24.3 Å². The summed E-state index contributed by atoms with van der Waals surface area (Å²) in [4.78, 5) is 14.7. The first-order chi connectivity index (χ1) is 13.3. The van der Waals surface area contributed by atoms with E-state index < -0.39 is 10.8 Å². The Labute approximate surface area is 166 Å². The first kappa shape index (κ1) is 20.2. The van der Waals surface area contributed by atoms with Crippen LogP contribution in [0.2, 0.25) is 0 Å². The van der Waals surface area contributed by atoms with Crippen molar-refractivity contribution in [1.29, 1.82) is 5.26 Å². The molecule has 6 nitrogen and oxygen atoms in total. The van der Waals surface area contributed by atoms with E-state index in [1.54, 1.807) is 16.7 Å². The number of amides is 1. The van der Waals surface area contributed by atoms with Crippen LogP contribution in [0, 0.1) is 31.0 Å². The number of aromatic nitrogens is 1. The first-order valence-electron chi connectivity index (χ1n) is 9.08. The predicted octanol–water partition coefficient (Wildman–Crippen LogP) is 2.50. The molecule has 1 aliphatic rings. The van der Waals surface area contributed by atoms with Crippen molar-refractivity contribution in [2.45, 2.75) is 26.8 Å². The van der Waals surface area contributed by atoms with E-state index in [9.17, 15) is 18.7 Å². The molecule has 2 aromatic rings. The molecule has 2 atom stereocenters. The Hall–Kier alpha value is -2.50. The summed E-state index contributed by atoms with van der Waals surface area (Å²) in [5, 5.41) is 12.5. The molecule has 1 saturated heterocycles. The highest BCUT2D eigenvalue weighted by atomic mass is 32.2. The average Bonchev–Trinajstić information content (AvgIpc) is 2.88. The summed E-state index contributed by atoms with van der Waals surface area (Å²) in [7, 11) is -0.830. The van der Waals surface area contributed by atoms with Gasteiger partial charge in [-0.25, -0.2) is 4.39 Å². The molecule has 3 rings (SSSR count). The quantitative estimate of drug-likeness (QED) is 0.852. The molecule has 0 saturated carbocycles. The van der Waals surface area contributed by atoms with Gasteiger partial charge >= 0.3 is 0 Å². The third-order valence-electron chi connectivity index (χ3n) is 5.17. The molecule has 0 bridgehead atoms. The van der Waals surface area contributed by atoms with Crippen LogP contribution in [0.5, 0.6) is 0 Å². The Balaban J connectivity index is 1.89. The number of halogens is 1. The first-order valence-corrected chi connectivity index (χ1v) is 10.6. The maximum absolute atomic E-state index is 13.3. The van der Waals surface area contributed by atoms with Crippen molar-refractivity contribution in [3.63, 3.8) is 0 Å². The van der Waals surface area contributed by atoms with Crippen LogP contribution in [-0.4, -0.2) is 50.2 Å². The summed E-state index contributed by atoms with van der Waals surface area (Å²) in [6.07, 6.45) is 0. The third kappa shape index (κ3) is 4.01. The molecule has 1 N–H and O–H groups in total. The highest BCUT2D eigenvalue weighted by Gasteiger charge is 2.26. The largest absolute Gasteiger partial charge is 0.310 e. The minimum atomic E-state index is -0.830. The van der Waals surface area contributed by atoms with Crippen molar-refractivity contribution in [2.24, 2.45) is 0 Å². The molecular weight excluding hydrogens is 379 g/mol. The van der Waals surface area contributed by atoms with Crippen LogP contribution in [0.1, 0.15) is 23.7 Å². The van der Waals surface area contributed by atoms with Gasteiger partial charge in [-0.15, -0.1) is 0 Å². The van der Waals surface area contributed by atoms with E-state index in [1.807, 2.05) is 25.7 Å². The maximum Gasteiger partial charge on any atom is 0.239 e. The van der Waals surface area contributed by atoms with Gasteiger partial charge in [0.2, 0.25) is 5.91 Å². The van der Waals surface area contributed by atoms with Gasteiger partial charge in [-0.2, -0.15) is 5.26 Å². The summed E-state index contributed by atoms with van der Waals surface area (Å²) in [6, 6.07) is 8.14. The van der Waals surface area contributed by atoms with Gasteiger partial charge in [0.25, 0.3) is 0 Å². The second-order valence-electron chi connectivity index (χ2n) is 7.04. The van der Waals surface area contributed by atoms with Crippen molar-refractivity contribution in [1.82, 2.24) is 9.47 Å². The summed E-state index contributed by atoms with van der Waals surface area (Å²) in [5.41, 5.74) is 2.63. The number of carbonyl (C=O) groups is 1. The van der Waals surface area contributed by atoms with Crippen LogP contribution >= 0.6 is 0 Å². The van der Waals surface area contributed by atoms with Crippen molar-refractivity contribution < 1.29 is 13.4 Å². The fraction of sp³-hybridized carbons (Fsp3) is 0.400. The van der Waals surface area contributed by atoms with E-state index in [0.717, 1.165) is 11.3 Å². The fourth-order valence-corrected chi connectivity index (χ4v) is 4.82. The summed E-state index contributed by atoms with van der Waals surface area (Å²) in [5.74, 6) is 0.915. The van der Waals surface area contributed by atoms with E-state index >= 15 is 0 Å². The Morgan fingerprint density at radius 2 is 2.04 bits per heavy atom. The van der Waals surface area contributed by atoms with E-state index in [4.69, 9.17) is 0 Å². The topological polar surface area (TPSA) is 78.1 Å². The lowest BCUT2D eigenvalue weighted by molar-refractivity contribution is -0.117. The Morgan fingerprint density at radius 3 is 2.64 bits per heavy atom. The Kier molecular flexibility index (Phi) is 5.96. The van der Waals surface area contributed by atoms with Gasteiger partial charge in [-0.05, 0) is 50.6 Å². The van der Waals surface area contributed by atoms with E-state index in [2.05, 4.69) is 11.4 Å². The third-order valence-corrected chi connectivity index (χ3v) is 6.66. The smallest absolute Gasteiger partial charge is 0.239 e. The Morgan fingerprint density at radius 1 is 1.36 bits per heavy atom. The zero-order valence-corrected chi connectivity index (χ0v) is 17.0. The highest BCUT2D eigenvalue weighted by Crippen LogP contribution is 2.30. The molecule has 1 aromatic heterocycles. The number of anilines is 1. The number of carbonyl (C=O) groups excluding carboxylic acids is 1. The van der Waals surface area contributed by atoms with Crippen molar-refractivity contribution in [3.05, 3.63) is 46.9 Å². The fourth-order valence-electron chi connectivity index (χ4n) is 3.46. The van der Waals surface area contributed by atoms with Gasteiger partial charge < -0.3 is 5.32 Å². The second kappa shape index (κ2) is 8.25. The molecule has 1 aliphatic heterocycles. The molecule has 148 valence electrons. The van der Waals surface area contributed by atoms with Gasteiger partial charge in [-0.1, -0.05) is 0 Å². The van der Waals surface area contributed by atoms with E-state index in [-0.39, 0.29) is 24.3 Å². The molecule has 0 radical (unpaired) electrons. The van der Waals surface area contributed by atoms with Crippen molar-refractivity contribution >= 4 is 22.5 Å². The lowest BCUT2D eigenvalue weighted by atomic mass is 10.2. The lowest BCUT2D eigenvalue weighted by Crippen LogP contribution is -2.48. The van der Waals surface area contributed by atoms with Gasteiger partial charge in [0, 0.05) is 46.3 Å². The van der Waals surface area contributed by atoms with E-state index in [1.165, 1.54) is 12.1 Å². The number of rotatable bonds is 4. The lowest BCUT2D eigenvalue weighted by Gasteiger charge is -2.32. The molecule has 1 aromatic carbocycles. The van der Waals surface area contributed by atoms with Gasteiger partial charge in [0.05, 0.1) is 12.1 Å². The van der Waals surface area contributed by atoms with E-state index in [0.29, 0.717) is 35.1 Å². The van der Waals surface area contributed by atoms with Gasteiger partial charge in [0.1, 0.15) is 17.7 Å². The maximum atomic E-state index is 13.3. The van der Waals surface area contributed by atoms with Crippen molar-refractivity contribution in [2.75, 3.05) is 29.9 Å². The SMILES string of the molecule is Cc1c(C#N)c(NC(=O)CN2CC[S@@](=O)C[C@@H]2C)n(-c2ccc(F)cc2)c1C. The van der Waals surface area contributed by atoms with Crippen LogP contribution < -0.4 is 5.32 Å². The number of nitrogens with zero attached hydrogens (tertiary/aromatic N) is 3. The Bertz CT molecular complexity index is 962. The molecule has 2 heterocycles.